The van der Waals surface area contributed by atoms with E-state index in [1.807, 2.05) is 6.26 Å². The van der Waals surface area contributed by atoms with Crippen molar-refractivity contribution in [2.45, 2.75) is 83.6 Å². The molecule has 0 radical (unpaired) electrons. The third kappa shape index (κ3) is 14.8. The maximum absolute atomic E-state index is 12.9. The molecule has 0 aromatic rings. The molecular weight excluding hydrogens is 454 g/mol. The van der Waals surface area contributed by atoms with E-state index in [9.17, 15) is 19.5 Å². The highest BCUT2D eigenvalue weighted by molar-refractivity contribution is 7.98. The maximum atomic E-state index is 12.9. The zero-order valence-electron chi connectivity index (χ0n) is 21.3. The SMILES string of the molecule is CCCCCCCCC[C@H](CC(=O)O)C(=O)N[C@H](CCSC)C(=O)NCCCN1CCOCC1. The van der Waals surface area contributed by atoms with E-state index in [0.717, 1.165) is 64.3 Å². The number of carboxylic acid groups (broad SMARTS) is 1. The summed E-state index contributed by atoms with van der Waals surface area (Å²) in [5, 5.41) is 15.1. The second-order valence-electron chi connectivity index (χ2n) is 9.15. The molecule has 3 N–H and O–H groups in total. The molecule has 2 amide bonds. The van der Waals surface area contributed by atoms with Crippen LogP contribution < -0.4 is 10.6 Å². The molecule has 0 bridgehead atoms. The van der Waals surface area contributed by atoms with E-state index in [0.29, 0.717) is 19.4 Å². The summed E-state index contributed by atoms with van der Waals surface area (Å²) in [6.07, 6.45) is 11.5. The van der Waals surface area contributed by atoms with Gasteiger partial charge in [0, 0.05) is 25.6 Å². The van der Waals surface area contributed by atoms with Gasteiger partial charge in [0.25, 0.3) is 0 Å². The van der Waals surface area contributed by atoms with Gasteiger partial charge in [0.15, 0.2) is 0 Å². The number of carboxylic acids is 1. The van der Waals surface area contributed by atoms with Crippen LogP contribution in [0.15, 0.2) is 0 Å². The van der Waals surface area contributed by atoms with E-state index >= 15 is 0 Å². The fourth-order valence-corrected chi connectivity index (χ4v) is 4.61. The van der Waals surface area contributed by atoms with Crippen molar-refractivity contribution >= 4 is 29.5 Å². The summed E-state index contributed by atoms with van der Waals surface area (Å²) >= 11 is 1.62. The lowest BCUT2D eigenvalue weighted by Gasteiger charge is -2.26. The van der Waals surface area contributed by atoms with Crippen LogP contribution in [0.1, 0.15) is 77.6 Å². The number of rotatable bonds is 20. The molecule has 0 spiro atoms. The molecule has 1 saturated heterocycles. The number of carbonyl (C=O) groups excluding carboxylic acids is 2. The Bertz CT molecular complexity index is 573. The number of hydrogen-bond acceptors (Lipinski definition) is 6. The zero-order chi connectivity index (χ0) is 25.0. The molecule has 34 heavy (non-hydrogen) atoms. The highest BCUT2D eigenvalue weighted by Crippen LogP contribution is 2.17. The van der Waals surface area contributed by atoms with Crippen LogP contribution in [0.25, 0.3) is 0 Å². The van der Waals surface area contributed by atoms with E-state index in [1.54, 1.807) is 11.8 Å². The lowest BCUT2D eigenvalue weighted by atomic mass is 9.95. The molecule has 0 unspecified atom stereocenters. The topological polar surface area (TPSA) is 108 Å². The molecule has 198 valence electrons. The van der Waals surface area contributed by atoms with E-state index in [1.165, 1.54) is 25.7 Å². The maximum Gasteiger partial charge on any atom is 0.304 e. The first-order chi connectivity index (χ1) is 16.5. The summed E-state index contributed by atoms with van der Waals surface area (Å²) in [6.45, 7) is 7.00. The number of thioether (sulfide) groups is 1. The number of amides is 2. The summed E-state index contributed by atoms with van der Waals surface area (Å²) in [5.74, 6) is -1.33. The number of morpholine rings is 1. The summed E-state index contributed by atoms with van der Waals surface area (Å²) < 4.78 is 5.35. The summed E-state index contributed by atoms with van der Waals surface area (Å²) in [6, 6.07) is -0.631. The third-order valence-electron chi connectivity index (χ3n) is 6.25. The molecule has 1 fully saturated rings. The number of carbonyl (C=O) groups is 3. The molecule has 1 heterocycles. The van der Waals surface area contributed by atoms with Crippen LogP contribution in [0.5, 0.6) is 0 Å². The standard InChI is InChI=1S/C25H47N3O5S/c1-3-4-5-6-7-8-9-11-21(20-23(29)30)24(31)27-22(12-19-34-2)25(32)26-13-10-14-28-15-17-33-18-16-28/h21-22H,3-20H2,1-2H3,(H,26,32)(H,27,31)(H,29,30)/t21-,22-/m1/s1. The monoisotopic (exact) mass is 501 g/mol. The van der Waals surface area contributed by atoms with Crippen molar-refractivity contribution in [1.82, 2.24) is 15.5 Å². The molecule has 1 aliphatic heterocycles. The van der Waals surface area contributed by atoms with Gasteiger partial charge in [-0.1, -0.05) is 51.9 Å². The average Bonchev–Trinajstić information content (AvgIpc) is 2.83. The van der Waals surface area contributed by atoms with Crippen LogP contribution in [0, 0.1) is 5.92 Å². The quantitative estimate of drug-likeness (QED) is 0.220. The first-order valence-corrected chi connectivity index (χ1v) is 14.5. The summed E-state index contributed by atoms with van der Waals surface area (Å²) in [4.78, 5) is 39.4. The van der Waals surface area contributed by atoms with E-state index in [4.69, 9.17) is 4.74 Å². The van der Waals surface area contributed by atoms with Gasteiger partial charge >= 0.3 is 5.97 Å². The number of ether oxygens (including phenoxy) is 1. The molecule has 0 saturated carbocycles. The minimum Gasteiger partial charge on any atom is -0.481 e. The van der Waals surface area contributed by atoms with Gasteiger partial charge in [0.05, 0.1) is 19.6 Å². The number of hydrogen-bond donors (Lipinski definition) is 3. The zero-order valence-corrected chi connectivity index (χ0v) is 22.1. The largest absolute Gasteiger partial charge is 0.481 e. The highest BCUT2D eigenvalue weighted by atomic mass is 32.2. The smallest absolute Gasteiger partial charge is 0.304 e. The summed E-state index contributed by atoms with van der Waals surface area (Å²) in [7, 11) is 0. The Hall–Kier alpha value is -1.32. The minimum absolute atomic E-state index is 0.186. The van der Waals surface area contributed by atoms with Gasteiger partial charge in [-0.25, -0.2) is 0 Å². The number of aliphatic carboxylic acids is 1. The van der Waals surface area contributed by atoms with Crippen molar-refractivity contribution in [3.05, 3.63) is 0 Å². The van der Waals surface area contributed by atoms with Crippen LogP contribution in [-0.4, -0.2) is 85.2 Å². The van der Waals surface area contributed by atoms with Gasteiger partial charge in [-0.15, -0.1) is 0 Å². The fraction of sp³-hybridized carbons (Fsp3) is 0.880. The van der Waals surface area contributed by atoms with E-state index in [2.05, 4.69) is 22.5 Å². The second-order valence-corrected chi connectivity index (χ2v) is 10.1. The Morgan fingerprint density at radius 3 is 2.29 bits per heavy atom. The van der Waals surface area contributed by atoms with Crippen LogP contribution in [-0.2, 0) is 19.1 Å². The van der Waals surface area contributed by atoms with Crippen molar-refractivity contribution < 1.29 is 24.2 Å². The molecule has 0 aliphatic carbocycles. The molecule has 0 aromatic heterocycles. The van der Waals surface area contributed by atoms with Gasteiger partial charge in [-0.3, -0.25) is 19.3 Å². The number of nitrogens with one attached hydrogen (secondary N) is 2. The normalized spacial score (nSPS) is 16.1. The Morgan fingerprint density at radius 1 is 0.971 bits per heavy atom. The van der Waals surface area contributed by atoms with Gasteiger partial charge < -0.3 is 20.5 Å². The molecule has 9 heteroatoms. The summed E-state index contributed by atoms with van der Waals surface area (Å²) in [5.41, 5.74) is 0. The van der Waals surface area contributed by atoms with Crippen LogP contribution >= 0.6 is 11.8 Å². The average molecular weight is 502 g/mol. The van der Waals surface area contributed by atoms with Crippen molar-refractivity contribution in [3.63, 3.8) is 0 Å². The fourth-order valence-electron chi connectivity index (χ4n) is 4.14. The van der Waals surface area contributed by atoms with Crippen molar-refractivity contribution in [1.29, 1.82) is 0 Å². The third-order valence-corrected chi connectivity index (χ3v) is 6.89. The number of unbranched alkanes of at least 4 members (excludes halogenated alkanes) is 6. The van der Waals surface area contributed by atoms with Crippen LogP contribution in [0.4, 0.5) is 0 Å². The van der Waals surface area contributed by atoms with E-state index < -0.39 is 17.9 Å². The van der Waals surface area contributed by atoms with Gasteiger partial charge in [-0.2, -0.15) is 11.8 Å². The number of nitrogens with zero attached hydrogens (tertiary/aromatic N) is 1. The minimum atomic E-state index is -0.976. The van der Waals surface area contributed by atoms with Gasteiger partial charge in [-0.05, 0) is 37.8 Å². The predicted molar refractivity (Wildman–Crippen MR) is 138 cm³/mol. The first kappa shape index (κ1) is 30.7. The molecular formula is C25H47N3O5S. The molecule has 0 aromatic carbocycles. The van der Waals surface area contributed by atoms with E-state index in [-0.39, 0.29) is 18.2 Å². The first-order valence-electron chi connectivity index (χ1n) is 13.1. The molecule has 8 nitrogen and oxygen atoms in total. The van der Waals surface area contributed by atoms with Crippen molar-refractivity contribution in [2.24, 2.45) is 5.92 Å². The molecule has 1 aliphatic rings. The lowest BCUT2D eigenvalue weighted by molar-refractivity contribution is -0.141. The van der Waals surface area contributed by atoms with Crippen molar-refractivity contribution in [3.8, 4) is 0 Å². The Kier molecular flexibility index (Phi) is 18.0. The van der Waals surface area contributed by atoms with Crippen LogP contribution in [0.2, 0.25) is 0 Å². The second kappa shape index (κ2) is 19.9. The molecule has 2 atom stereocenters. The lowest BCUT2D eigenvalue weighted by Crippen LogP contribution is -2.49. The van der Waals surface area contributed by atoms with Gasteiger partial charge in [0.1, 0.15) is 6.04 Å². The van der Waals surface area contributed by atoms with Gasteiger partial charge in [0.2, 0.25) is 11.8 Å². The Labute approximate surface area is 210 Å². The predicted octanol–water partition coefficient (Wildman–Crippen LogP) is 3.29. The van der Waals surface area contributed by atoms with Crippen molar-refractivity contribution in [2.75, 3.05) is 51.4 Å². The van der Waals surface area contributed by atoms with Crippen LogP contribution in [0.3, 0.4) is 0 Å². The Morgan fingerprint density at radius 2 is 1.65 bits per heavy atom. The molecule has 1 rings (SSSR count). The Balaban J connectivity index is 2.48. The highest BCUT2D eigenvalue weighted by Gasteiger charge is 2.26.